The number of hydrogen-bond donors (Lipinski definition) is 5. The van der Waals surface area contributed by atoms with Crippen LogP contribution in [0.5, 0.6) is 0 Å². The first-order chi connectivity index (χ1) is 10.2. The van der Waals surface area contributed by atoms with Gasteiger partial charge in [-0.2, -0.15) is 0 Å². The lowest BCUT2D eigenvalue weighted by molar-refractivity contribution is -0.138. The van der Waals surface area contributed by atoms with E-state index < -0.39 is 5.97 Å². The van der Waals surface area contributed by atoms with Gasteiger partial charge in [0.05, 0.1) is 6.54 Å². The topological polar surface area (TPSA) is 106 Å². The molecule has 0 saturated carbocycles. The number of aliphatic carboxylic acids is 1. The average molecular weight is 302 g/mol. The zero-order chi connectivity index (χ0) is 15.3. The first kappa shape index (κ1) is 18.3. The van der Waals surface area contributed by atoms with Crippen molar-refractivity contribution in [3.05, 3.63) is 0 Å². The minimum absolute atomic E-state index is 0.101. The van der Waals surface area contributed by atoms with E-state index in [9.17, 15) is 4.79 Å². The summed E-state index contributed by atoms with van der Waals surface area (Å²) >= 11 is 0. The Bertz CT molecular complexity index is 279. The van der Waals surface area contributed by atoms with Crippen molar-refractivity contribution < 1.29 is 9.90 Å². The molecule has 6 N–H and O–H groups in total. The summed E-state index contributed by atoms with van der Waals surface area (Å²) in [5.41, 5.74) is 5.49. The third-order valence-corrected chi connectivity index (χ3v) is 3.44. The zero-order valence-electron chi connectivity index (χ0n) is 12.8. The number of hydrogen-bond acceptors (Lipinski definition) is 7. The molecule has 0 radical (unpaired) electrons. The maximum atomic E-state index is 10.9. The fraction of sp³-hybridized carbons (Fsp3) is 0.923. The summed E-state index contributed by atoms with van der Waals surface area (Å²) in [6, 6.07) is 0. The van der Waals surface area contributed by atoms with Crippen LogP contribution in [0.1, 0.15) is 0 Å². The Morgan fingerprint density at radius 3 is 2.29 bits per heavy atom. The van der Waals surface area contributed by atoms with Gasteiger partial charge in [0.1, 0.15) is 0 Å². The molecule has 8 nitrogen and oxygen atoms in total. The predicted octanol–water partition coefficient (Wildman–Crippen LogP) is -2.63. The summed E-state index contributed by atoms with van der Waals surface area (Å²) in [5, 5.41) is 19.0. The SMILES string of the molecule is NCCNCN1CCNCCNCCN(CC(=O)O)CC1. The van der Waals surface area contributed by atoms with Crippen molar-refractivity contribution in [3.8, 4) is 0 Å². The maximum Gasteiger partial charge on any atom is 0.317 e. The predicted molar refractivity (Wildman–Crippen MR) is 83.3 cm³/mol. The molecular formula is C13H30N6O2. The Morgan fingerprint density at radius 2 is 1.67 bits per heavy atom. The van der Waals surface area contributed by atoms with Crippen molar-refractivity contribution >= 4 is 5.97 Å². The van der Waals surface area contributed by atoms with E-state index >= 15 is 0 Å². The van der Waals surface area contributed by atoms with Gasteiger partial charge in [-0.25, -0.2) is 0 Å². The minimum Gasteiger partial charge on any atom is -0.480 e. The molecule has 0 amide bonds. The molecule has 1 saturated heterocycles. The molecule has 0 aromatic carbocycles. The summed E-state index contributed by atoms with van der Waals surface area (Å²) in [4.78, 5) is 15.2. The van der Waals surface area contributed by atoms with Gasteiger partial charge in [0, 0.05) is 72.1 Å². The van der Waals surface area contributed by atoms with Crippen molar-refractivity contribution in [3.63, 3.8) is 0 Å². The van der Waals surface area contributed by atoms with Gasteiger partial charge in [-0.1, -0.05) is 0 Å². The highest BCUT2D eigenvalue weighted by atomic mass is 16.4. The molecule has 1 rings (SSSR count). The van der Waals surface area contributed by atoms with E-state index in [4.69, 9.17) is 10.8 Å². The number of nitrogens with two attached hydrogens (primary N) is 1. The van der Waals surface area contributed by atoms with Crippen LogP contribution in [0.3, 0.4) is 0 Å². The largest absolute Gasteiger partial charge is 0.480 e. The fourth-order valence-corrected chi connectivity index (χ4v) is 2.25. The van der Waals surface area contributed by atoms with E-state index in [-0.39, 0.29) is 6.54 Å². The van der Waals surface area contributed by atoms with Gasteiger partial charge in [-0.15, -0.1) is 0 Å². The number of carboxylic acids is 1. The van der Waals surface area contributed by atoms with Gasteiger partial charge in [-0.3, -0.25) is 14.6 Å². The highest BCUT2D eigenvalue weighted by Gasteiger charge is 2.12. The number of carbonyl (C=O) groups is 1. The molecule has 0 aromatic rings. The van der Waals surface area contributed by atoms with Crippen LogP contribution in [0.4, 0.5) is 0 Å². The van der Waals surface area contributed by atoms with Crippen molar-refractivity contribution in [2.45, 2.75) is 0 Å². The van der Waals surface area contributed by atoms with Crippen LogP contribution in [0, 0.1) is 0 Å². The van der Waals surface area contributed by atoms with Crippen LogP contribution in [0.25, 0.3) is 0 Å². The van der Waals surface area contributed by atoms with Crippen LogP contribution in [0.2, 0.25) is 0 Å². The van der Waals surface area contributed by atoms with Gasteiger partial charge < -0.3 is 26.8 Å². The third kappa shape index (κ3) is 9.72. The van der Waals surface area contributed by atoms with Gasteiger partial charge in [-0.05, 0) is 0 Å². The molecular weight excluding hydrogens is 272 g/mol. The van der Waals surface area contributed by atoms with E-state index in [0.717, 1.165) is 65.6 Å². The molecule has 1 heterocycles. The van der Waals surface area contributed by atoms with Crippen molar-refractivity contribution in [2.75, 3.05) is 78.7 Å². The van der Waals surface area contributed by atoms with Crippen LogP contribution in [-0.2, 0) is 4.79 Å². The first-order valence-corrected chi connectivity index (χ1v) is 7.71. The second kappa shape index (κ2) is 11.8. The molecule has 1 aliphatic rings. The second-order valence-electron chi connectivity index (χ2n) is 5.23. The van der Waals surface area contributed by atoms with Gasteiger partial charge in [0.15, 0.2) is 0 Å². The average Bonchev–Trinajstić information content (AvgIpc) is 2.44. The van der Waals surface area contributed by atoms with Crippen molar-refractivity contribution in [1.82, 2.24) is 25.8 Å². The molecule has 0 aliphatic carbocycles. The van der Waals surface area contributed by atoms with Gasteiger partial charge in [0.25, 0.3) is 0 Å². The quantitative estimate of drug-likeness (QED) is 0.340. The van der Waals surface area contributed by atoms with Gasteiger partial charge >= 0.3 is 5.97 Å². The molecule has 0 bridgehead atoms. The molecule has 0 atom stereocenters. The highest BCUT2D eigenvalue weighted by Crippen LogP contribution is 1.93. The van der Waals surface area contributed by atoms with Gasteiger partial charge in [0.2, 0.25) is 0 Å². The first-order valence-electron chi connectivity index (χ1n) is 7.71. The van der Waals surface area contributed by atoms with Crippen molar-refractivity contribution in [1.29, 1.82) is 0 Å². The normalized spacial score (nSPS) is 20.6. The van der Waals surface area contributed by atoms with Crippen molar-refractivity contribution in [2.24, 2.45) is 5.73 Å². The van der Waals surface area contributed by atoms with Crippen LogP contribution in [-0.4, -0.2) is 99.5 Å². The minimum atomic E-state index is -0.767. The lowest BCUT2D eigenvalue weighted by Crippen LogP contribution is -2.47. The van der Waals surface area contributed by atoms with Crippen LogP contribution < -0.4 is 21.7 Å². The molecule has 0 aromatic heterocycles. The Balaban J connectivity index is 2.44. The maximum absolute atomic E-state index is 10.9. The summed E-state index contributed by atoms with van der Waals surface area (Å²) in [5.74, 6) is -0.767. The van der Waals surface area contributed by atoms with E-state index in [1.54, 1.807) is 0 Å². The molecule has 8 heteroatoms. The standard InChI is InChI=1S/C13H30N6O2/c14-1-2-17-12-19-8-6-16-4-3-15-5-7-18(9-10-19)11-13(20)21/h15-17H,1-12,14H2,(H,20,21). The third-order valence-electron chi connectivity index (χ3n) is 3.44. The number of nitrogens with one attached hydrogen (secondary N) is 3. The Hall–Kier alpha value is -0.770. The number of carboxylic acid groups (broad SMARTS) is 1. The second-order valence-corrected chi connectivity index (χ2v) is 5.23. The smallest absolute Gasteiger partial charge is 0.317 e. The van der Waals surface area contributed by atoms with E-state index in [2.05, 4.69) is 20.9 Å². The molecule has 1 fully saturated rings. The molecule has 0 unspecified atom stereocenters. The van der Waals surface area contributed by atoms with E-state index in [1.807, 2.05) is 4.90 Å². The summed E-state index contributed by atoms with van der Waals surface area (Å²) in [6.07, 6.45) is 0. The summed E-state index contributed by atoms with van der Waals surface area (Å²) in [7, 11) is 0. The summed E-state index contributed by atoms with van der Waals surface area (Å²) in [6.45, 7) is 9.23. The van der Waals surface area contributed by atoms with E-state index in [0.29, 0.717) is 6.54 Å². The monoisotopic (exact) mass is 302 g/mol. The lowest BCUT2D eigenvalue weighted by Gasteiger charge is -2.28. The number of rotatable bonds is 6. The lowest BCUT2D eigenvalue weighted by atomic mass is 10.4. The van der Waals surface area contributed by atoms with Crippen LogP contribution in [0.15, 0.2) is 0 Å². The molecule has 1 aliphatic heterocycles. The Kier molecular flexibility index (Phi) is 10.3. The molecule has 21 heavy (non-hydrogen) atoms. The Morgan fingerprint density at radius 1 is 1.05 bits per heavy atom. The van der Waals surface area contributed by atoms with Crippen LogP contribution >= 0.6 is 0 Å². The number of nitrogens with zero attached hydrogens (tertiary/aromatic N) is 2. The molecule has 0 spiro atoms. The molecule has 124 valence electrons. The Labute approximate surface area is 127 Å². The highest BCUT2D eigenvalue weighted by molar-refractivity contribution is 5.69. The fourth-order valence-electron chi connectivity index (χ4n) is 2.25. The van der Waals surface area contributed by atoms with E-state index in [1.165, 1.54) is 0 Å². The zero-order valence-corrected chi connectivity index (χ0v) is 12.8. The summed E-state index contributed by atoms with van der Waals surface area (Å²) < 4.78 is 0.